The van der Waals surface area contributed by atoms with Crippen LogP contribution in [0.15, 0.2) is 83.9 Å². The lowest BCUT2D eigenvalue weighted by molar-refractivity contribution is 0.475. The van der Waals surface area contributed by atoms with Gasteiger partial charge in [0.2, 0.25) is 0 Å². The molecule has 0 unspecified atom stereocenters. The molecule has 0 radical (unpaired) electrons. The monoisotopic (exact) mass is 335 g/mol. The van der Waals surface area contributed by atoms with Crippen molar-refractivity contribution >= 4 is 22.7 Å². The van der Waals surface area contributed by atoms with Crippen molar-refractivity contribution < 1.29 is 5.11 Å². The number of aromatic hydroxyl groups is 1. The molecule has 4 aromatic rings. The average molecular weight is 335 g/mol. The standard InChI is InChI=1S/C24H17NO/c26-24-12-9-16-5-1-3-7-20(16)23(24)15-25-19-10-11-22-18(14-19)13-17-6-2-4-8-21(17)22/h1-12,14-15,26H,13H2. The van der Waals surface area contributed by atoms with E-state index in [1.165, 1.54) is 22.3 Å². The van der Waals surface area contributed by atoms with E-state index in [9.17, 15) is 5.11 Å². The summed E-state index contributed by atoms with van der Waals surface area (Å²) in [6, 6.07) is 26.6. The Morgan fingerprint density at radius 1 is 0.769 bits per heavy atom. The lowest BCUT2D eigenvalue weighted by atomic mass is 10.0. The second-order valence-electron chi connectivity index (χ2n) is 6.65. The summed E-state index contributed by atoms with van der Waals surface area (Å²) in [4.78, 5) is 4.64. The van der Waals surface area contributed by atoms with Gasteiger partial charge in [0.15, 0.2) is 0 Å². The molecule has 0 saturated heterocycles. The smallest absolute Gasteiger partial charge is 0.124 e. The van der Waals surface area contributed by atoms with Crippen LogP contribution >= 0.6 is 0 Å². The molecule has 0 saturated carbocycles. The summed E-state index contributed by atoms with van der Waals surface area (Å²) >= 11 is 0. The predicted octanol–water partition coefficient (Wildman–Crippen LogP) is 5.87. The minimum atomic E-state index is 0.251. The van der Waals surface area contributed by atoms with Crippen molar-refractivity contribution in [2.75, 3.05) is 0 Å². The van der Waals surface area contributed by atoms with Crippen molar-refractivity contribution in [3.63, 3.8) is 0 Å². The van der Waals surface area contributed by atoms with E-state index in [0.717, 1.165) is 28.4 Å². The van der Waals surface area contributed by atoms with Crippen LogP contribution in [0, 0.1) is 0 Å². The Bertz CT molecular complexity index is 1170. The van der Waals surface area contributed by atoms with Gasteiger partial charge in [0.1, 0.15) is 5.75 Å². The Hall–Kier alpha value is -3.39. The Morgan fingerprint density at radius 2 is 1.58 bits per heavy atom. The molecule has 26 heavy (non-hydrogen) atoms. The van der Waals surface area contributed by atoms with Gasteiger partial charge in [-0.2, -0.15) is 0 Å². The zero-order chi connectivity index (χ0) is 17.5. The molecule has 0 spiro atoms. The van der Waals surface area contributed by atoms with E-state index in [2.05, 4.69) is 41.4 Å². The maximum atomic E-state index is 10.3. The van der Waals surface area contributed by atoms with Gasteiger partial charge in [0.05, 0.1) is 5.69 Å². The second kappa shape index (κ2) is 5.85. The third kappa shape index (κ3) is 2.39. The number of benzene rings is 4. The van der Waals surface area contributed by atoms with Gasteiger partial charge in [-0.1, -0.05) is 60.7 Å². The van der Waals surface area contributed by atoms with Crippen LogP contribution in [0.5, 0.6) is 5.75 Å². The van der Waals surface area contributed by atoms with Crippen molar-refractivity contribution in [1.82, 2.24) is 0 Å². The average Bonchev–Trinajstić information content (AvgIpc) is 3.05. The van der Waals surface area contributed by atoms with Crippen LogP contribution in [0.1, 0.15) is 16.7 Å². The maximum absolute atomic E-state index is 10.3. The Labute approximate surface area is 152 Å². The third-order valence-corrected chi connectivity index (χ3v) is 5.07. The number of nitrogens with zero attached hydrogens (tertiary/aromatic N) is 1. The molecule has 1 N–H and O–H groups in total. The summed E-state index contributed by atoms with van der Waals surface area (Å²) in [5.41, 5.74) is 6.96. The Morgan fingerprint density at radius 3 is 2.54 bits per heavy atom. The van der Waals surface area contributed by atoms with Crippen LogP contribution in [-0.2, 0) is 6.42 Å². The minimum absolute atomic E-state index is 0.251. The summed E-state index contributed by atoms with van der Waals surface area (Å²) in [7, 11) is 0. The zero-order valence-corrected chi connectivity index (χ0v) is 14.2. The van der Waals surface area contributed by atoms with Crippen LogP contribution < -0.4 is 0 Å². The van der Waals surface area contributed by atoms with Gasteiger partial charge in [-0.15, -0.1) is 0 Å². The van der Waals surface area contributed by atoms with Gasteiger partial charge < -0.3 is 5.11 Å². The third-order valence-electron chi connectivity index (χ3n) is 5.07. The molecule has 1 aliphatic rings. The molecule has 0 aliphatic heterocycles. The van der Waals surface area contributed by atoms with Crippen molar-refractivity contribution in [2.24, 2.45) is 4.99 Å². The molecule has 0 aromatic heterocycles. The molecule has 0 atom stereocenters. The summed E-state index contributed by atoms with van der Waals surface area (Å²) < 4.78 is 0. The predicted molar refractivity (Wildman–Crippen MR) is 108 cm³/mol. The van der Waals surface area contributed by atoms with Crippen LogP contribution in [0.2, 0.25) is 0 Å². The van der Waals surface area contributed by atoms with Crippen molar-refractivity contribution in [2.45, 2.75) is 6.42 Å². The largest absolute Gasteiger partial charge is 0.507 e. The van der Waals surface area contributed by atoms with Crippen LogP contribution in [0.4, 0.5) is 5.69 Å². The van der Waals surface area contributed by atoms with E-state index < -0.39 is 0 Å². The summed E-state index contributed by atoms with van der Waals surface area (Å²) in [5.74, 6) is 0.251. The highest BCUT2D eigenvalue weighted by Gasteiger charge is 2.17. The molecular weight excluding hydrogens is 318 g/mol. The molecule has 124 valence electrons. The highest BCUT2D eigenvalue weighted by molar-refractivity contribution is 6.03. The molecule has 1 aliphatic carbocycles. The number of hydrogen-bond donors (Lipinski definition) is 1. The number of phenols is 1. The maximum Gasteiger partial charge on any atom is 0.124 e. The van der Waals surface area contributed by atoms with Crippen molar-refractivity contribution in [1.29, 1.82) is 0 Å². The van der Waals surface area contributed by atoms with Gasteiger partial charge in [0, 0.05) is 11.8 Å². The van der Waals surface area contributed by atoms with Crippen LogP contribution in [-0.4, -0.2) is 11.3 Å². The number of phenolic OH excluding ortho intramolecular Hbond substituents is 1. The van der Waals surface area contributed by atoms with Crippen molar-refractivity contribution in [3.05, 3.63) is 95.6 Å². The molecule has 2 nitrogen and oxygen atoms in total. The van der Waals surface area contributed by atoms with E-state index >= 15 is 0 Å². The first-order valence-electron chi connectivity index (χ1n) is 8.75. The van der Waals surface area contributed by atoms with Gasteiger partial charge in [-0.05, 0) is 57.6 Å². The fourth-order valence-corrected chi connectivity index (χ4v) is 3.77. The summed E-state index contributed by atoms with van der Waals surface area (Å²) in [6.45, 7) is 0. The molecular formula is C24H17NO. The molecule has 4 aromatic carbocycles. The molecule has 0 bridgehead atoms. The van der Waals surface area contributed by atoms with E-state index in [-0.39, 0.29) is 5.75 Å². The molecule has 0 amide bonds. The summed E-state index contributed by atoms with van der Waals surface area (Å²) in [6.07, 6.45) is 2.72. The normalized spacial score (nSPS) is 12.5. The quantitative estimate of drug-likeness (QED) is 0.402. The Balaban J connectivity index is 1.54. The molecule has 0 heterocycles. The van der Waals surface area contributed by atoms with Gasteiger partial charge in [0.25, 0.3) is 0 Å². The first-order chi connectivity index (χ1) is 12.8. The zero-order valence-electron chi connectivity index (χ0n) is 14.2. The van der Waals surface area contributed by atoms with E-state index in [1.807, 2.05) is 36.4 Å². The molecule has 5 rings (SSSR count). The minimum Gasteiger partial charge on any atom is -0.507 e. The van der Waals surface area contributed by atoms with E-state index in [1.54, 1.807) is 12.3 Å². The van der Waals surface area contributed by atoms with Crippen molar-refractivity contribution in [3.8, 4) is 16.9 Å². The lowest BCUT2D eigenvalue weighted by Gasteiger charge is -2.05. The highest BCUT2D eigenvalue weighted by Crippen LogP contribution is 2.38. The SMILES string of the molecule is Oc1ccc2ccccc2c1C=Nc1ccc2c(c1)Cc1ccccc1-2. The lowest BCUT2D eigenvalue weighted by Crippen LogP contribution is -1.86. The first-order valence-corrected chi connectivity index (χ1v) is 8.75. The van der Waals surface area contributed by atoms with Gasteiger partial charge in [-0.3, -0.25) is 4.99 Å². The topological polar surface area (TPSA) is 32.6 Å². The Kier molecular flexibility index (Phi) is 3.36. The number of hydrogen-bond acceptors (Lipinski definition) is 2. The number of aliphatic imine (C=N–C) groups is 1. The van der Waals surface area contributed by atoms with Gasteiger partial charge >= 0.3 is 0 Å². The molecule has 2 heteroatoms. The molecule has 0 fully saturated rings. The second-order valence-corrected chi connectivity index (χ2v) is 6.65. The highest BCUT2D eigenvalue weighted by atomic mass is 16.3. The number of fused-ring (bicyclic) bond motifs is 4. The number of rotatable bonds is 2. The van der Waals surface area contributed by atoms with Crippen LogP contribution in [0.25, 0.3) is 21.9 Å². The fraction of sp³-hybridized carbons (Fsp3) is 0.0417. The van der Waals surface area contributed by atoms with E-state index in [0.29, 0.717) is 0 Å². The van der Waals surface area contributed by atoms with Gasteiger partial charge in [-0.25, -0.2) is 0 Å². The van der Waals surface area contributed by atoms with Crippen LogP contribution in [0.3, 0.4) is 0 Å². The summed E-state index contributed by atoms with van der Waals surface area (Å²) in [5, 5.41) is 12.4. The fourth-order valence-electron chi connectivity index (χ4n) is 3.77. The van der Waals surface area contributed by atoms with E-state index in [4.69, 9.17) is 0 Å². The first kappa shape index (κ1) is 14.9.